The van der Waals surface area contributed by atoms with E-state index in [1.54, 1.807) is 49.1 Å². The van der Waals surface area contributed by atoms with Crippen LogP contribution in [0.2, 0.25) is 0 Å². The Hall–Kier alpha value is -2.39. The first-order valence-corrected chi connectivity index (χ1v) is 10.5. The SMILES string of the molecule is CC(C)N1CCN([n+]2cc(N=C([O-])C(C)(C)SC(=O)c3ccccc3)on2)CC1. The van der Waals surface area contributed by atoms with Crippen molar-refractivity contribution in [2.24, 2.45) is 4.99 Å². The van der Waals surface area contributed by atoms with Crippen LogP contribution in [-0.4, -0.2) is 58.2 Å². The van der Waals surface area contributed by atoms with Gasteiger partial charge in [0.2, 0.25) is 10.4 Å². The Bertz CT molecular complexity index is 858. The summed E-state index contributed by atoms with van der Waals surface area (Å²) in [6, 6.07) is 9.40. The van der Waals surface area contributed by atoms with Gasteiger partial charge in [0.05, 0.1) is 17.9 Å². The highest BCUT2D eigenvalue weighted by atomic mass is 32.2. The molecule has 0 amide bonds. The molecule has 8 nitrogen and oxygen atoms in total. The third-order valence-electron chi connectivity index (χ3n) is 4.84. The molecule has 0 bridgehead atoms. The molecule has 2 aromatic rings. The number of piperazine rings is 1. The Morgan fingerprint density at radius 3 is 2.52 bits per heavy atom. The van der Waals surface area contributed by atoms with E-state index >= 15 is 0 Å². The molecular formula is C20H27N5O3S. The standard InChI is InChI=1S/C20H27N5O3S/c1-15(2)23-10-12-24(13-11-23)25-14-17(28-22-25)21-19(27)20(3,4)29-18(26)16-8-6-5-7-9-16/h5-9,14-15H,10-13H2,1-4H3. The van der Waals surface area contributed by atoms with Gasteiger partial charge >= 0.3 is 5.88 Å². The summed E-state index contributed by atoms with van der Waals surface area (Å²) in [4.78, 5) is 20.5. The summed E-state index contributed by atoms with van der Waals surface area (Å²) in [5.74, 6) is -0.318. The third kappa shape index (κ3) is 5.36. The molecule has 0 saturated carbocycles. The molecule has 1 saturated heterocycles. The van der Waals surface area contributed by atoms with E-state index in [-0.39, 0.29) is 11.0 Å². The zero-order valence-corrected chi connectivity index (χ0v) is 18.1. The van der Waals surface area contributed by atoms with Gasteiger partial charge in [-0.05, 0) is 33.6 Å². The van der Waals surface area contributed by atoms with Crippen LogP contribution in [0.3, 0.4) is 0 Å². The normalized spacial score (nSPS) is 16.4. The molecule has 2 heterocycles. The smallest absolute Gasteiger partial charge is 0.324 e. The van der Waals surface area contributed by atoms with Gasteiger partial charge in [-0.2, -0.15) is 5.01 Å². The second kappa shape index (κ2) is 8.96. The van der Waals surface area contributed by atoms with Crippen LogP contribution in [0.15, 0.2) is 46.0 Å². The molecule has 0 N–H and O–H groups in total. The first kappa shape index (κ1) is 21.3. The average Bonchev–Trinajstić information content (AvgIpc) is 3.17. The number of hydrogen-bond acceptors (Lipinski definition) is 8. The van der Waals surface area contributed by atoms with Gasteiger partial charge in [-0.25, -0.2) is 4.99 Å². The molecule has 0 atom stereocenters. The maximum atomic E-state index is 12.6. The topological polar surface area (TPSA) is 88.9 Å². The Balaban J connectivity index is 1.64. The molecule has 0 spiro atoms. The van der Waals surface area contributed by atoms with Crippen molar-refractivity contribution in [3.8, 4) is 0 Å². The van der Waals surface area contributed by atoms with Gasteiger partial charge in [0.25, 0.3) is 6.20 Å². The minimum atomic E-state index is -1.02. The lowest BCUT2D eigenvalue weighted by Crippen LogP contribution is -2.65. The van der Waals surface area contributed by atoms with Crippen LogP contribution in [0.4, 0.5) is 5.88 Å². The number of carbonyl (C=O) groups excluding carboxylic acids is 1. The zero-order chi connectivity index (χ0) is 21.0. The summed E-state index contributed by atoms with van der Waals surface area (Å²) in [7, 11) is 0. The first-order chi connectivity index (χ1) is 13.8. The first-order valence-electron chi connectivity index (χ1n) is 9.69. The highest BCUT2D eigenvalue weighted by Crippen LogP contribution is 2.29. The number of thioether (sulfide) groups is 1. The van der Waals surface area contributed by atoms with Crippen molar-refractivity contribution in [1.82, 2.24) is 10.2 Å². The molecule has 3 rings (SSSR count). The lowest BCUT2D eigenvalue weighted by Gasteiger charge is -2.32. The van der Waals surface area contributed by atoms with Crippen LogP contribution in [0.25, 0.3) is 0 Å². The highest BCUT2D eigenvalue weighted by Gasteiger charge is 2.28. The van der Waals surface area contributed by atoms with E-state index < -0.39 is 10.6 Å². The molecule has 1 aromatic heterocycles. The van der Waals surface area contributed by atoms with Gasteiger partial charge in [0, 0.05) is 29.4 Å². The molecule has 0 aliphatic carbocycles. The maximum Gasteiger partial charge on any atom is 0.324 e. The molecule has 1 aliphatic rings. The minimum Gasteiger partial charge on any atom is -0.861 e. The lowest BCUT2D eigenvalue weighted by atomic mass is 10.2. The van der Waals surface area contributed by atoms with Gasteiger partial charge in [0.1, 0.15) is 0 Å². The molecule has 0 radical (unpaired) electrons. The predicted molar refractivity (Wildman–Crippen MR) is 111 cm³/mol. The van der Waals surface area contributed by atoms with E-state index in [1.165, 1.54) is 0 Å². The Kier molecular flexibility index (Phi) is 6.59. The van der Waals surface area contributed by atoms with Crippen molar-refractivity contribution in [2.45, 2.75) is 38.5 Å². The molecule has 1 aliphatic heterocycles. The minimum absolute atomic E-state index is 0.127. The van der Waals surface area contributed by atoms with Gasteiger partial charge in [-0.1, -0.05) is 42.1 Å². The average molecular weight is 418 g/mol. The summed E-state index contributed by atoms with van der Waals surface area (Å²) < 4.78 is 4.20. The van der Waals surface area contributed by atoms with Crippen molar-refractivity contribution < 1.29 is 19.2 Å². The summed E-state index contributed by atoms with van der Waals surface area (Å²) >= 11 is 0.953. The number of hydrogen-bond donors (Lipinski definition) is 0. The fraction of sp³-hybridized carbons (Fsp3) is 0.500. The zero-order valence-electron chi connectivity index (χ0n) is 17.2. The Morgan fingerprint density at radius 1 is 1.24 bits per heavy atom. The second-order valence-electron chi connectivity index (χ2n) is 7.73. The second-order valence-corrected chi connectivity index (χ2v) is 9.32. The fourth-order valence-electron chi connectivity index (χ4n) is 2.99. The summed E-state index contributed by atoms with van der Waals surface area (Å²) in [5, 5.41) is 18.5. The number of carbonyl (C=O) groups is 1. The summed E-state index contributed by atoms with van der Waals surface area (Å²) in [6.07, 6.45) is 1.60. The van der Waals surface area contributed by atoms with E-state index in [1.807, 2.05) is 11.1 Å². The van der Waals surface area contributed by atoms with Crippen molar-refractivity contribution in [2.75, 3.05) is 31.2 Å². The molecular weight excluding hydrogens is 390 g/mol. The number of rotatable bonds is 6. The number of aromatic nitrogens is 2. The van der Waals surface area contributed by atoms with Gasteiger partial charge < -0.3 is 5.11 Å². The van der Waals surface area contributed by atoms with E-state index in [9.17, 15) is 9.90 Å². The number of nitrogens with zero attached hydrogens (tertiary/aromatic N) is 5. The lowest BCUT2D eigenvalue weighted by molar-refractivity contribution is -0.759. The molecule has 9 heteroatoms. The predicted octanol–water partition coefficient (Wildman–Crippen LogP) is 1.37. The van der Waals surface area contributed by atoms with E-state index in [4.69, 9.17) is 4.52 Å². The molecule has 156 valence electrons. The Labute approximate surface area is 175 Å². The highest BCUT2D eigenvalue weighted by molar-refractivity contribution is 8.15. The van der Waals surface area contributed by atoms with Gasteiger partial charge in [0.15, 0.2) is 0 Å². The summed E-state index contributed by atoms with van der Waals surface area (Å²) in [6.45, 7) is 11.2. The molecule has 0 unspecified atom stereocenters. The Morgan fingerprint density at radius 2 is 1.90 bits per heavy atom. The van der Waals surface area contributed by atoms with Gasteiger partial charge in [-0.3, -0.25) is 14.2 Å². The largest absolute Gasteiger partial charge is 0.861 e. The van der Waals surface area contributed by atoms with Crippen molar-refractivity contribution in [3.63, 3.8) is 0 Å². The van der Waals surface area contributed by atoms with Crippen LogP contribution in [0.1, 0.15) is 38.1 Å². The van der Waals surface area contributed by atoms with Crippen LogP contribution >= 0.6 is 11.8 Å². The number of aliphatic imine (C=N–C) groups is 1. The monoisotopic (exact) mass is 417 g/mol. The van der Waals surface area contributed by atoms with Crippen molar-refractivity contribution >= 4 is 28.7 Å². The molecule has 29 heavy (non-hydrogen) atoms. The van der Waals surface area contributed by atoms with Crippen LogP contribution < -0.4 is 14.9 Å². The van der Waals surface area contributed by atoms with Crippen molar-refractivity contribution in [3.05, 3.63) is 42.1 Å². The van der Waals surface area contributed by atoms with Crippen LogP contribution in [0.5, 0.6) is 0 Å². The quantitative estimate of drug-likeness (QED) is 0.398. The van der Waals surface area contributed by atoms with Crippen LogP contribution in [0, 0.1) is 0 Å². The fourth-order valence-corrected chi connectivity index (χ4v) is 3.84. The van der Waals surface area contributed by atoms with E-state index in [0.29, 0.717) is 11.6 Å². The van der Waals surface area contributed by atoms with Crippen molar-refractivity contribution in [1.29, 1.82) is 0 Å². The summed E-state index contributed by atoms with van der Waals surface area (Å²) in [5.41, 5.74) is 0.552. The maximum absolute atomic E-state index is 12.6. The van der Waals surface area contributed by atoms with E-state index in [2.05, 4.69) is 29.0 Å². The molecule has 1 fully saturated rings. The molecule has 1 aromatic carbocycles. The van der Waals surface area contributed by atoms with E-state index in [0.717, 1.165) is 37.9 Å². The van der Waals surface area contributed by atoms with Gasteiger partial charge in [-0.15, -0.1) is 0 Å². The third-order valence-corrected chi connectivity index (χ3v) is 5.94. The number of benzene rings is 1. The van der Waals surface area contributed by atoms with Crippen LogP contribution in [-0.2, 0) is 0 Å².